The molecule has 0 saturated carbocycles. The van der Waals surface area contributed by atoms with Gasteiger partial charge in [-0.25, -0.2) is 9.48 Å². The Bertz CT molecular complexity index is 1100. The molecule has 1 fully saturated rings. The molecule has 0 aliphatic carbocycles. The third-order valence-corrected chi connectivity index (χ3v) is 5.06. The molecule has 1 unspecified atom stereocenters. The maximum atomic E-state index is 12.3. The van der Waals surface area contributed by atoms with Crippen LogP contribution >= 0.6 is 0 Å². The molecule has 9 heteroatoms. The van der Waals surface area contributed by atoms with Gasteiger partial charge in [-0.3, -0.25) is 14.8 Å². The summed E-state index contributed by atoms with van der Waals surface area (Å²) in [6, 6.07) is 8.77. The first kappa shape index (κ1) is 20.8. The molecular formula is C22H25N5O4. The van der Waals surface area contributed by atoms with Crippen molar-refractivity contribution < 1.29 is 14.3 Å². The molecule has 1 aliphatic rings. The summed E-state index contributed by atoms with van der Waals surface area (Å²) in [6.07, 6.45) is 7.94. The van der Waals surface area contributed by atoms with Gasteiger partial charge in [0.1, 0.15) is 18.0 Å². The molecule has 1 atom stereocenters. The van der Waals surface area contributed by atoms with Crippen molar-refractivity contribution in [2.24, 2.45) is 7.05 Å². The van der Waals surface area contributed by atoms with Crippen LogP contribution in [0.3, 0.4) is 0 Å². The fourth-order valence-electron chi connectivity index (χ4n) is 3.45. The van der Waals surface area contributed by atoms with Crippen molar-refractivity contribution in [3.05, 3.63) is 70.4 Å². The van der Waals surface area contributed by atoms with Crippen LogP contribution in [0.15, 0.2) is 53.7 Å². The Morgan fingerprint density at radius 2 is 2.23 bits per heavy atom. The maximum absolute atomic E-state index is 12.3. The number of amides is 1. The number of benzene rings is 1. The van der Waals surface area contributed by atoms with Crippen LogP contribution in [-0.4, -0.2) is 45.0 Å². The molecule has 1 aliphatic heterocycles. The summed E-state index contributed by atoms with van der Waals surface area (Å²) >= 11 is 0. The zero-order valence-electron chi connectivity index (χ0n) is 17.4. The van der Waals surface area contributed by atoms with Crippen molar-refractivity contribution in [2.45, 2.75) is 31.8 Å². The standard InChI is InChI=1S/C22H25N5O4/c1-26-14-18(13-23-26)27-9-8-21(28)20(25-27)12-16-5-4-6-17(11-16)24-22(29)31-15-19-7-2-3-10-30-19/h4-6,8-9,11,13-14,19H,2-3,7,10,12,15H2,1H3,(H,24,29). The summed E-state index contributed by atoms with van der Waals surface area (Å²) in [7, 11) is 1.82. The zero-order chi connectivity index (χ0) is 21.6. The van der Waals surface area contributed by atoms with E-state index in [1.54, 1.807) is 33.9 Å². The number of nitrogens with one attached hydrogen (secondary N) is 1. The van der Waals surface area contributed by atoms with Crippen LogP contribution in [-0.2, 0) is 22.9 Å². The van der Waals surface area contributed by atoms with Crippen molar-refractivity contribution in [2.75, 3.05) is 18.5 Å². The van der Waals surface area contributed by atoms with Crippen molar-refractivity contribution in [3.8, 4) is 5.69 Å². The smallest absolute Gasteiger partial charge is 0.411 e. The van der Waals surface area contributed by atoms with Gasteiger partial charge in [-0.05, 0) is 37.0 Å². The van der Waals surface area contributed by atoms with E-state index in [0.717, 1.165) is 30.5 Å². The highest BCUT2D eigenvalue weighted by Crippen LogP contribution is 2.15. The summed E-state index contributed by atoms with van der Waals surface area (Å²) in [5.74, 6) is 0. The first-order chi connectivity index (χ1) is 15.1. The molecule has 31 heavy (non-hydrogen) atoms. The predicted molar refractivity (Wildman–Crippen MR) is 114 cm³/mol. The maximum Gasteiger partial charge on any atom is 0.411 e. The Kier molecular flexibility index (Phi) is 6.42. The largest absolute Gasteiger partial charge is 0.447 e. The van der Waals surface area contributed by atoms with E-state index in [0.29, 0.717) is 24.4 Å². The van der Waals surface area contributed by atoms with Crippen molar-refractivity contribution >= 4 is 11.8 Å². The van der Waals surface area contributed by atoms with E-state index in [2.05, 4.69) is 15.5 Å². The topological polar surface area (TPSA) is 100 Å². The second kappa shape index (κ2) is 9.57. The van der Waals surface area contributed by atoms with E-state index in [-0.39, 0.29) is 18.1 Å². The first-order valence-electron chi connectivity index (χ1n) is 10.3. The lowest BCUT2D eigenvalue weighted by molar-refractivity contribution is -0.0203. The second-order valence-corrected chi connectivity index (χ2v) is 7.53. The van der Waals surface area contributed by atoms with Crippen LogP contribution in [0, 0.1) is 0 Å². The predicted octanol–water partition coefficient (Wildman–Crippen LogP) is 2.67. The fraction of sp³-hybridized carbons (Fsp3) is 0.364. The SMILES string of the molecule is Cn1cc(-n2ccc(=O)c(Cc3cccc(NC(=O)OCC4CCCCO4)c3)n2)cn1. The Hall–Kier alpha value is -3.46. The van der Waals surface area contributed by atoms with Crippen LogP contribution in [0.1, 0.15) is 30.5 Å². The number of hydrogen-bond donors (Lipinski definition) is 1. The monoisotopic (exact) mass is 423 g/mol. The van der Waals surface area contributed by atoms with Gasteiger partial charge in [0.25, 0.3) is 0 Å². The number of aryl methyl sites for hydroxylation is 1. The van der Waals surface area contributed by atoms with E-state index in [1.165, 1.54) is 6.07 Å². The van der Waals surface area contributed by atoms with Crippen LogP contribution in [0.5, 0.6) is 0 Å². The quantitative estimate of drug-likeness (QED) is 0.654. The van der Waals surface area contributed by atoms with Crippen LogP contribution in [0.4, 0.5) is 10.5 Å². The summed E-state index contributed by atoms with van der Waals surface area (Å²) in [5.41, 5.74) is 2.47. The van der Waals surface area contributed by atoms with Gasteiger partial charge in [0.15, 0.2) is 0 Å². The normalized spacial score (nSPS) is 16.1. The molecule has 0 radical (unpaired) electrons. The number of ether oxygens (including phenoxy) is 2. The van der Waals surface area contributed by atoms with Crippen LogP contribution in [0.2, 0.25) is 0 Å². The lowest BCUT2D eigenvalue weighted by Crippen LogP contribution is -2.27. The van der Waals surface area contributed by atoms with Gasteiger partial charge >= 0.3 is 6.09 Å². The van der Waals surface area contributed by atoms with Crippen molar-refractivity contribution in [1.82, 2.24) is 19.6 Å². The number of carbonyl (C=O) groups is 1. The molecular weight excluding hydrogens is 398 g/mol. The number of aromatic nitrogens is 4. The number of hydrogen-bond acceptors (Lipinski definition) is 6. The highest BCUT2D eigenvalue weighted by Gasteiger charge is 2.16. The molecule has 3 aromatic rings. The number of nitrogens with zero attached hydrogens (tertiary/aromatic N) is 4. The van der Waals surface area contributed by atoms with E-state index < -0.39 is 6.09 Å². The average Bonchev–Trinajstić information content (AvgIpc) is 3.21. The third-order valence-electron chi connectivity index (χ3n) is 5.06. The van der Waals surface area contributed by atoms with Crippen molar-refractivity contribution in [1.29, 1.82) is 0 Å². The Morgan fingerprint density at radius 3 is 3.00 bits per heavy atom. The van der Waals surface area contributed by atoms with Gasteiger partial charge in [0, 0.05) is 38.0 Å². The molecule has 9 nitrogen and oxygen atoms in total. The molecule has 1 aromatic carbocycles. The molecule has 162 valence electrons. The van der Waals surface area contributed by atoms with Crippen molar-refractivity contribution in [3.63, 3.8) is 0 Å². The van der Waals surface area contributed by atoms with Gasteiger partial charge in [-0.2, -0.15) is 10.2 Å². The summed E-state index contributed by atoms with van der Waals surface area (Å²) in [6.45, 7) is 0.959. The minimum Gasteiger partial charge on any atom is -0.447 e. The molecule has 1 amide bonds. The van der Waals surface area contributed by atoms with E-state index in [4.69, 9.17) is 9.47 Å². The summed E-state index contributed by atoms with van der Waals surface area (Å²) < 4.78 is 14.1. The van der Waals surface area contributed by atoms with Gasteiger partial charge in [-0.15, -0.1) is 0 Å². The number of carbonyl (C=O) groups excluding carboxylic acids is 1. The highest BCUT2D eigenvalue weighted by molar-refractivity contribution is 5.84. The summed E-state index contributed by atoms with van der Waals surface area (Å²) in [5, 5.41) is 11.3. The minimum absolute atomic E-state index is 0.0306. The first-order valence-corrected chi connectivity index (χ1v) is 10.3. The van der Waals surface area contributed by atoms with Gasteiger partial charge in [-0.1, -0.05) is 12.1 Å². The van der Waals surface area contributed by atoms with E-state index >= 15 is 0 Å². The van der Waals surface area contributed by atoms with E-state index in [9.17, 15) is 9.59 Å². The highest BCUT2D eigenvalue weighted by atomic mass is 16.6. The summed E-state index contributed by atoms with van der Waals surface area (Å²) in [4.78, 5) is 24.4. The zero-order valence-corrected chi connectivity index (χ0v) is 17.4. The average molecular weight is 423 g/mol. The second-order valence-electron chi connectivity index (χ2n) is 7.53. The van der Waals surface area contributed by atoms with Crippen LogP contribution < -0.4 is 10.7 Å². The molecule has 2 aromatic heterocycles. The van der Waals surface area contributed by atoms with Crippen LogP contribution in [0.25, 0.3) is 5.69 Å². The number of anilines is 1. The van der Waals surface area contributed by atoms with E-state index in [1.807, 2.05) is 25.4 Å². The Morgan fingerprint density at radius 1 is 1.32 bits per heavy atom. The molecule has 1 saturated heterocycles. The number of rotatable bonds is 6. The lowest BCUT2D eigenvalue weighted by atomic mass is 10.1. The minimum atomic E-state index is -0.525. The molecule has 4 rings (SSSR count). The third kappa shape index (κ3) is 5.58. The van der Waals surface area contributed by atoms with Gasteiger partial charge < -0.3 is 9.47 Å². The fourth-order valence-corrected chi connectivity index (χ4v) is 3.45. The lowest BCUT2D eigenvalue weighted by Gasteiger charge is -2.22. The Balaban J connectivity index is 1.40. The molecule has 0 spiro atoms. The molecule has 3 heterocycles. The van der Waals surface area contributed by atoms with Gasteiger partial charge in [0.2, 0.25) is 5.43 Å². The molecule has 0 bridgehead atoms. The Labute approximate surface area is 179 Å². The van der Waals surface area contributed by atoms with Gasteiger partial charge in [0.05, 0.1) is 18.5 Å². The molecule has 1 N–H and O–H groups in total.